The predicted molar refractivity (Wildman–Crippen MR) is 393 cm³/mol. The van der Waals surface area contributed by atoms with Gasteiger partial charge in [0.25, 0.3) is 0 Å². The van der Waals surface area contributed by atoms with Crippen LogP contribution in [-0.4, -0.2) is 140 Å². The maximum absolute atomic E-state index is 13.4. The van der Waals surface area contributed by atoms with E-state index in [1.807, 2.05) is 0 Å². The lowest BCUT2D eigenvalue weighted by Crippen LogP contribution is -2.65. The van der Waals surface area contributed by atoms with Gasteiger partial charge in [0, 0.05) is 6.42 Å². The second-order valence-corrected chi connectivity index (χ2v) is 30.0. The molecule has 0 aromatic rings. The summed E-state index contributed by atoms with van der Waals surface area (Å²) in [6.07, 6.45) is 65.9. The molecule has 566 valence electrons. The summed E-state index contributed by atoms with van der Waals surface area (Å²) in [5, 5.41) is 87.9. The van der Waals surface area contributed by atoms with E-state index in [9.17, 15) is 45.6 Å². The quantitative estimate of drug-likeness (QED) is 0.0259. The van der Waals surface area contributed by atoms with Gasteiger partial charge in [-0.05, 0) is 12.8 Å². The fraction of sp³-hybridized carbons (Fsp3) is 0.988. The Morgan fingerprint density at radius 1 is 0.337 bits per heavy atom. The molecule has 0 saturated carbocycles. The van der Waals surface area contributed by atoms with Gasteiger partial charge in [-0.25, -0.2) is 0 Å². The van der Waals surface area contributed by atoms with Gasteiger partial charge < -0.3 is 65.1 Å². The normalized spacial score (nSPS) is 22.2. The molecule has 2 saturated heterocycles. The Kier molecular flexibility index (Phi) is 62.8. The molecule has 14 heteroatoms. The molecule has 9 N–H and O–H groups in total. The van der Waals surface area contributed by atoms with Crippen molar-refractivity contribution in [1.29, 1.82) is 0 Å². The number of ether oxygens (including phenoxy) is 4. The van der Waals surface area contributed by atoms with Gasteiger partial charge >= 0.3 is 0 Å². The first-order valence-electron chi connectivity index (χ1n) is 41.8. The molecule has 0 aliphatic carbocycles. The summed E-state index contributed by atoms with van der Waals surface area (Å²) in [7, 11) is 0. The van der Waals surface area contributed by atoms with Crippen LogP contribution in [0.5, 0.6) is 0 Å². The van der Waals surface area contributed by atoms with Crippen molar-refractivity contribution in [3.63, 3.8) is 0 Å². The first-order chi connectivity index (χ1) is 46.6. The Morgan fingerprint density at radius 2 is 0.600 bits per heavy atom. The van der Waals surface area contributed by atoms with Crippen LogP contribution in [0.3, 0.4) is 0 Å². The van der Waals surface area contributed by atoms with Crippen molar-refractivity contribution >= 4 is 5.91 Å². The summed E-state index contributed by atoms with van der Waals surface area (Å²) in [4.78, 5) is 13.4. The first kappa shape index (κ1) is 90.1. The lowest BCUT2D eigenvalue weighted by atomic mass is 9.97. The molecule has 95 heavy (non-hydrogen) atoms. The Morgan fingerprint density at radius 3 is 0.895 bits per heavy atom. The molecule has 0 spiro atoms. The highest BCUT2D eigenvalue weighted by Gasteiger charge is 2.51. The monoisotopic (exact) mass is 1350 g/mol. The number of aliphatic hydroxyl groups is 8. The third-order valence-electron chi connectivity index (χ3n) is 21.1. The largest absolute Gasteiger partial charge is 0.394 e. The second kappa shape index (κ2) is 66.2. The number of amides is 1. The Labute approximate surface area is 584 Å². The summed E-state index contributed by atoms with van der Waals surface area (Å²) in [5.74, 6) is -0.194. The molecule has 0 bridgehead atoms. The number of hydrogen-bond acceptors (Lipinski definition) is 13. The van der Waals surface area contributed by atoms with E-state index in [0.717, 1.165) is 51.4 Å². The van der Waals surface area contributed by atoms with Gasteiger partial charge in [0.2, 0.25) is 5.91 Å². The summed E-state index contributed by atoms with van der Waals surface area (Å²) < 4.78 is 23.0. The number of unbranched alkanes of at least 4 members (excludes halogenated alkanes) is 59. The highest BCUT2D eigenvalue weighted by Crippen LogP contribution is 2.31. The van der Waals surface area contributed by atoms with E-state index in [0.29, 0.717) is 12.8 Å². The number of carbonyl (C=O) groups excluding carboxylic acids is 1. The van der Waals surface area contributed by atoms with Crippen LogP contribution in [0.15, 0.2) is 0 Å². The number of aliphatic hydroxyl groups excluding tert-OH is 8. The maximum atomic E-state index is 13.4. The molecule has 12 atom stereocenters. The van der Waals surface area contributed by atoms with Crippen LogP contribution in [-0.2, 0) is 23.7 Å². The molecule has 14 nitrogen and oxygen atoms in total. The summed E-state index contributed by atoms with van der Waals surface area (Å²) in [6, 6.07) is -0.826. The van der Waals surface area contributed by atoms with E-state index in [1.165, 1.54) is 340 Å². The Hall–Kier alpha value is -1.01. The minimum atomic E-state index is -1.78. The van der Waals surface area contributed by atoms with Crippen LogP contribution in [0.4, 0.5) is 0 Å². The Balaban J connectivity index is 1.58. The van der Waals surface area contributed by atoms with E-state index in [1.54, 1.807) is 0 Å². The average Bonchev–Trinajstić information content (AvgIpc) is 0.801. The van der Waals surface area contributed by atoms with Crippen LogP contribution in [0.2, 0.25) is 0 Å². The van der Waals surface area contributed by atoms with Crippen LogP contribution in [0, 0.1) is 0 Å². The second-order valence-electron chi connectivity index (χ2n) is 30.0. The van der Waals surface area contributed by atoms with Crippen molar-refractivity contribution in [3.8, 4) is 0 Å². The van der Waals surface area contributed by atoms with Gasteiger partial charge in [-0.2, -0.15) is 0 Å². The van der Waals surface area contributed by atoms with Crippen LogP contribution < -0.4 is 5.32 Å². The van der Waals surface area contributed by atoms with Crippen molar-refractivity contribution in [2.24, 2.45) is 0 Å². The van der Waals surface area contributed by atoms with Crippen LogP contribution >= 0.6 is 0 Å². The topological polar surface area (TPSA) is 228 Å². The lowest BCUT2D eigenvalue weighted by Gasteiger charge is -2.46. The molecule has 2 rings (SSSR count). The van der Waals surface area contributed by atoms with E-state index >= 15 is 0 Å². The third-order valence-corrected chi connectivity index (χ3v) is 21.1. The van der Waals surface area contributed by atoms with E-state index in [4.69, 9.17) is 18.9 Å². The first-order valence-corrected chi connectivity index (χ1v) is 41.8. The van der Waals surface area contributed by atoms with Crippen molar-refractivity contribution in [2.45, 2.75) is 492 Å². The summed E-state index contributed by atoms with van der Waals surface area (Å²) in [5.41, 5.74) is 0. The van der Waals surface area contributed by atoms with Gasteiger partial charge in [-0.3, -0.25) is 4.79 Å². The third kappa shape index (κ3) is 49.3. The Bertz CT molecular complexity index is 1600. The zero-order valence-electron chi connectivity index (χ0n) is 62.2. The molecule has 0 radical (unpaired) electrons. The van der Waals surface area contributed by atoms with Gasteiger partial charge in [0.1, 0.15) is 48.8 Å². The minimum absolute atomic E-state index is 0.194. The summed E-state index contributed by atoms with van der Waals surface area (Å²) in [6.45, 7) is 2.95. The minimum Gasteiger partial charge on any atom is -0.394 e. The molecule has 2 fully saturated rings. The molecular formula is C81H159NO13. The van der Waals surface area contributed by atoms with Crippen LogP contribution in [0.25, 0.3) is 0 Å². The van der Waals surface area contributed by atoms with Crippen molar-refractivity contribution in [1.82, 2.24) is 5.32 Å². The van der Waals surface area contributed by atoms with Crippen LogP contribution in [0.1, 0.15) is 418 Å². The smallest absolute Gasteiger partial charge is 0.220 e. The molecular weight excluding hydrogens is 1190 g/mol. The molecule has 2 aliphatic heterocycles. The van der Waals surface area contributed by atoms with Crippen molar-refractivity contribution < 1.29 is 64.6 Å². The highest BCUT2D eigenvalue weighted by molar-refractivity contribution is 5.76. The lowest BCUT2D eigenvalue weighted by molar-refractivity contribution is -0.359. The molecule has 0 aromatic heterocycles. The fourth-order valence-electron chi connectivity index (χ4n) is 14.5. The number of nitrogens with one attached hydrogen (secondary N) is 1. The van der Waals surface area contributed by atoms with E-state index in [2.05, 4.69) is 19.2 Å². The zero-order valence-corrected chi connectivity index (χ0v) is 62.2. The molecule has 0 aromatic carbocycles. The number of rotatable bonds is 72. The highest BCUT2D eigenvalue weighted by atomic mass is 16.7. The molecule has 1 amide bonds. The molecule has 2 heterocycles. The summed E-state index contributed by atoms with van der Waals surface area (Å²) >= 11 is 0. The fourth-order valence-corrected chi connectivity index (χ4v) is 14.5. The van der Waals surface area contributed by atoms with E-state index in [-0.39, 0.29) is 12.5 Å². The SMILES string of the molecule is CCCCCCCCCCCCCCCCCCCCCCCCCCCCCCCCCCC(=O)NC(COC1OC(CO)C(OC2OC(CO)C(O)C(O)C2O)C(O)C1O)C(O)CCCCCCCCCCCCCCCCCCCCCCCCCCCCCCC. The number of carbonyl (C=O) groups is 1. The molecule has 12 unspecified atom stereocenters. The van der Waals surface area contributed by atoms with Gasteiger partial charge in [-0.1, -0.05) is 399 Å². The van der Waals surface area contributed by atoms with E-state index < -0.39 is 86.8 Å². The molecule has 2 aliphatic rings. The average molecular weight is 1360 g/mol. The maximum Gasteiger partial charge on any atom is 0.220 e. The van der Waals surface area contributed by atoms with Gasteiger partial charge in [0.15, 0.2) is 12.6 Å². The standard InChI is InChI=1S/C81H159NO13/c1-3-5-7-9-11-13-15-17-19-21-23-25-27-29-31-33-34-35-37-39-41-43-45-47-49-51-53-55-57-59-61-63-65-73(86)82-69(68-92-80-78(91)76(89)79(72(67-84)94-80)95-81-77(90)75(88)74(87)71(66-83)93-81)70(85)64-62-60-58-56-54-52-50-48-46-44-42-40-38-36-32-30-28-26-24-22-20-18-16-14-12-10-8-6-4-2/h69-72,74-81,83-85,87-91H,3-68H2,1-2H3,(H,82,86). The predicted octanol–water partition coefficient (Wildman–Crippen LogP) is 19.1. The van der Waals surface area contributed by atoms with Gasteiger partial charge in [0.05, 0.1) is 32.0 Å². The zero-order chi connectivity index (χ0) is 68.7. The van der Waals surface area contributed by atoms with Gasteiger partial charge in [-0.15, -0.1) is 0 Å². The number of hydrogen-bond donors (Lipinski definition) is 9. The van der Waals surface area contributed by atoms with Crippen molar-refractivity contribution in [2.75, 3.05) is 19.8 Å². The van der Waals surface area contributed by atoms with Crippen molar-refractivity contribution in [3.05, 3.63) is 0 Å².